The SMILES string of the molecule is COc1ccc(C(C(C(C)=O)C(=O)O)C(C(C)=O)C(=O)O)cc1. The number of methoxy groups -OCH3 is 1. The van der Waals surface area contributed by atoms with Gasteiger partial charge in [-0.3, -0.25) is 19.2 Å². The predicted molar refractivity (Wildman–Crippen MR) is 79.3 cm³/mol. The maximum absolute atomic E-state index is 11.8. The Hall–Kier alpha value is -2.70. The molecular weight excluding hydrogens is 304 g/mol. The lowest BCUT2D eigenvalue weighted by Crippen LogP contribution is -2.39. The van der Waals surface area contributed by atoms with E-state index < -0.39 is 41.3 Å². The Morgan fingerprint density at radius 3 is 1.52 bits per heavy atom. The Labute approximate surface area is 132 Å². The molecular formula is C16H18O7. The van der Waals surface area contributed by atoms with Crippen molar-refractivity contribution >= 4 is 23.5 Å². The number of carbonyl (C=O) groups is 4. The molecule has 0 amide bonds. The van der Waals surface area contributed by atoms with Crippen molar-refractivity contribution in [1.29, 1.82) is 0 Å². The quantitative estimate of drug-likeness (QED) is 0.694. The molecule has 0 aliphatic carbocycles. The summed E-state index contributed by atoms with van der Waals surface area (Å²) in [6, 6.07) is 5.95. The van der Waals surface area contributed by atoms with Gasteiger partial charge < -0.3 is 14.9 Å². The summed E-state index contributed by atoms with van der Waals surface area (Å²) in [6.07, 6.45) is 0. The number of ether oxygens (including phenoxy) is 1. The van der Waals surface area contributed by atoms with Crippen LogP contribution in [-0.2, 0) is 19.2 Å². The first-order chi connectivity index (χ1) is 10.7. The maximum Gasteiger partial charge on any atom is 0.314 e. The highest BCUT2D eigenvalue weighted by molar-refractivity contribution is 6.03. The van der Waals surface area contributed by atoms with Gasteiger partial charge in [-0.2, -0.15) is 0 Å². The number of carbonyl (C=O) groups excluding carboxylic acids is 2. The van der Waals surface area contributed by atoms with Crippen molar-refractivity contribution in [1.82, 2.24) is 0 Å². The van der Waals surface area contributed by atoms with Gasteiger partial charge >= 0.3 is 11.9 Å². The number of aliphatic carboxylic acids is 2. The molecule has 7 nitrogen and oxygen atoms in total. The number of hydrogen-bond donors (Lipinski definition) is 2. The summed E-state index contributed by atoms with van der Waals surface area (Å²) < 4.78 is 4.99. The second-order valence-electron chi connectivity index (χ2n) is 5.15. The second kappa shape index (κ2) is 7.53. The number of carboxylic acids is 2. The van der Waals surface area contributed by atoms with E-state index in [4.69, 9.17) is 4.74 Å². The van der Waals surface area contributed by atoms with Crippen LogP contribution in [0.5, 0.6) is 5.75 Å². The van der Waals surface area contributed by atoms with Crippen LogP contribution in [0.4, 0.5) is 0 Å². The van der Waals surface area contributed by atoms with E-state index >= 15 is 0 Å². The molecule has 7 heteroatoms. The van der Waals surface area contributed by atoms with E-state index in [1.165, 1.54) is 31.4 Å². The van der Waals surface area contributed by atoms with Crippen LogP contribution in [0, 0.1) is 11.8 Å². The number of rotatable bonds is 8. The molecule has 0 saturated carbocycles. The Bertz CT molecular complexity index is 558. The smallest absolute Gasteiger partial charge is 0.314 e. The fourth-order valence-corrected chi connectivity index (χ4v) is 2.56. The predicted octanol–water partition coefficient (Wildman–Crippen LogP) is 1.36. The number of ketones is 2. The third-order valence-corrected chi connectivity index (χ3v) is 3.63. The van der Waals surface area contributed by atoms with Crippen LogP contribution >= 0.6 is 0 Å². The van der Waals surface area contributed by atoms with Gasteiger partial charge in [0.15, 0.2) is 0 Å². The van der Waals surface area contributed by atoms with E-state index in [1.54, 1.807) is 0 Å². The molecule has 2 atom stereocenters. The molecule has 0 fully saturated rings. The average Bonchev–Trinajstić information content (AvgIpc) is 2.45. The van der Waals surface area contributed by atoms with Crippen molar-refractivity contribution in [2.75, 3.05) is 7.11 Å². The van der Waals surface area contributed by atoms with Crippen molar-refractivity contribution in [2.24, 2.45) is 11.8 Å². The number of hydrogen-bond acceptors (Lipinski definition) is 5. The zero-order valence-electron chi connectivity index (χ0n) is 13.0. The fourth-order valence-electron chi connectivity index (χ4n) is 2.56. The van der Waals surface area contributed by atoms with Gasteiger partial charge in [0.2, 0.25) is 0 Å². The van der Waals surface area contributed by atoms with Crippen molar-refractivity contribution in [3.63, 3.8) is 0 Å². The minimum absolute atomic E-state index is 0.274. The van der Waals surface area contributed by atoms with Crippen LogP contribution < -0.4 is 4.74 Å². The van der Waals surface area contributed by atoms with Gasteiger partial charge in [0.25, 0.3) is 0 Å². The molecule has 0 radical (unpaired) electrons. The van der Waals surface area contributed by atoms with Gasteiger partial charge in [0, 0.05) is 5.92 Å². The van der Waals surface area contributed by atoms with Gasteiger partial charge in [-0.1, -0.05) is 12.1 Å². The van der Waals surface area contributed by atoms with Crippen molar-refractivity contribution in [3.05, 3.63) is 29.8 Å². The summed E-state index contributed by atoms with van der Waals surface area (Å²) in [5.74, 6) is -8.45. The first kappa shape index (κ1) is 18.3. The van der Waals surface area contributed by atoms with Gasteiger partial charge in [-0.05, 0) is 31.5 Å². The highest BCUT2D eigenvalue weighted by Crippen LogP contribution is 2.35. The van der Waals surface area contributed by atoms with Crippen LogP contribution in [-0.4, -0.2) is 40.8 Å². The topological polar surface area (TPSA) is 118 Å². The van der Waals surface area contributed by atoms with Crippen molar-refractivity contribution in [3.8, 4) is 5.75 Å². The van der Waals surface area contributed by atoms with E-state index in [-0.39, 0.29) is 5.56 Å². The summed E-state index contributed by atoms with van der Waals surface area (Å²) in [5.41, 5.74) is 0.274. The molecule has 124 valence electrons. The average molecular weight is 322 g/mol. The monoisotopic (exact) mass is 322 g/mol. The van der Waals surface area contributed by atoms with Gasteiger partial charge in [0.1, 0.15) is 29.2 Å². The molecule has 0 saturated heterocycles. The van der Waals surface area contributed by atoms with Gasteiger partial charge in [-0.25, -0.2) is 0 Å². The molecule has 1 aromatic rings. The van der Waals surface area contributed by atoms with Crippen molar-refractivity contribution < 1.29 is 34.1 Å². The lowest BCUT2D eigenvalue weighted by Gasteiger charge is -2.27. The lowest BCUT2D eigenvalue weighted by atomic mass is 9.73. The number of Topliss-reactive ketones (excluding diaryl/α,β-unsaturated/α-hetero) is 2. The summed E-state index contributed by atoms with van der Waals surface area (Å²) >= 11 is 0. The molecule has 1 aromatic carbocycles. The number of carboxylic acid groups (broad SMARTS) is 2. The molecule has 0 aliphatic heterocycles. The molecule has 0 bridgehead atoms. The molecule has 0 aromatic heterocycles. The Morgan fingerprint density at radius 2 is 1.26 bits per heavy atom. The van der Waals surface area contributed by atoms with Crippen LogP contribution in [0.25, 0.3) is 0 Å². The zero-order valence-corrected chi connectivity index (χ0v) is 13.0. The minimum Gasteiger partial charge on any atom is -0.497 e. The Morgan fingerprint density at radius 1 is 0.870 bits per heavy atom. The summed E-state index contributed by atoms with van der Waals surface area (Å²) in [4.78, 5) is 46.5. The van der Waals surface area contributed by atoms with E-state index in [1.807, 2.05) is 0 Å². The minimum atomic E-state index is -1.63. The largest absolute Gasteiger partial charge is 0.497 e. The maximum atomic E-state index is 11.8. The summed E-state index contributed by atoms with van der Waals surface area (Å²) in [7, 11) is 1.44. The molecule has 0 heterocycles. The molecule has 2 N–H and O–H groups in total. The summed E-state index contributed by atoms with van der Waals surface area (Å²) in [6.45, 7) is 2.13. The fraction of sp³-hybridized carbons (Fsp3) is 0.375. The second-order valence-corrected chi connectivity index (χ2v) is 5.15. The highest BCUT2D eigenvalue weighted by atomic mass is 16.5. The van der Waals surface area contributed by atoms with E-state index in [0.717, 1.165) is 13.8 Å². The van der Waals surface area contributed by atoms with Crippen molar-refractivity contribution in [2.45, 2.75) is 19.8 Å². The van der Waals surface area contributed by atoms with Crippen LogP contribution in [0.1, 0.15) is 25.3 Å². The standard InChI is InChI=1S/C16H18O7/c1-8(17)12(15(19)20)14(13(9(2)18)16(21)22)10-4-6-11(23-3)7-5-10/h4-7,12-14H,1-3H3,(H,19,20)(H,21,22). The molecule has 0 spiro atoms. The first-order valence-corrected chi connectivity index (χ1v) is 6.81. The highest BCUT2D eigenvalue weighted by Gasteiger charge is 2.44. The molecule has 2 unspecified atom stereocenters. The Kier molecular flexibility index (Phi) is 6.01. The van der Waals surface area contributed by atoms with Crippen LogP contribution in [0.15, 0.2) is 24.3 Å². The van der Waals surface area contributed by atoms with Gasteiger partial charge in [-0.15, -0.1) is 0 Å². The lowest BCUT2D eigenvalue weighted by molar-refractivity contribution is -0.151. The zero-order chi connectivity index (χ0) is 17.7. The Balaban J connectivity index is 3.50. The van der Waals surface area contributed by atoms with E-state index in [0.29, 0.717) is 5.75 Å². The molecule has 1 rings (SSSR count). The first-order valence-electron chi connectivity index (χ1n) is 6.81. The summed E-state index contributed by atoms with van der Waals surface area (Å²) in [5, 5.41) is 18.7. The third-order valence-electron chi connectivity index (χ3n) is 3.63. The normalized spacial score (nSPS) is 14.4. The van der Waals surface area contributed by atoms with E-state index in [9.17, 15) is 29.4 Å². The third kappa shape index (κ3) is 4.15. The molecule has 23 heavy (non-hydrogen) atoms. The number of benzene rings is 1. The molecule has 0 aliphatic rings. The van der Waals surface area contributed by atoms with Crippen LogP contribution in [0.3, 0.4) is 0 Å². The van der Waals surface area contributed by atoms with E-state index in [2.05, 4.69) is 0 Å². The van der Waals surface area contributed by atoms with Gasteiger partial charge in [0.05, 0.1) is 7.11 Å². The van der Waals surface area contributed by atoms with Crippen LogP contribution in [0.2, 0.25) is 0 Å².